The number of carbonyl (C=O) groups is 2. The molecular formula is C73H144NO8P. The molecule has 494 valence electrons. The van der Waals surface area contributed by atoms with Gasteiger partial charge in [0, 0.05) is 19.4 Å². The molecule has 0 spiro atoms. The van der Waals surface area contributed by atoms with Crippen LogP contribution < -0.4 is 5.73 Å². The molecule has 3 N–H and O–H groups in total. The third kappa shape index (κ3) is 69.7. The summed E-state index contributed by atoms with van der Waals surface area (Å²) < 4.78 is 33.2. The highest BCUT2D eigenvalue weighted by atomic mass is 31.2. The van der Waals surface area contributed by atoms with Crippen molar-refractivity contribution in [3.8, 4) is 0 Å². The van der Waals surface area contributed by atoms with Gasteiger partial charge in [-0.15, -0.1) is 0 Å². The maximum Gasteiger partial charge on any atom is 0.472 e. The van der Waals surface area contributed by atoms with Crippen molar-refractivity contribution >= 4 is 19.8 Å². The number of rotatable bonds is 72. The van der Waals surface area contributed by atoms with Gasteiger partial charge in [0.25, 0.3) is 0 Å². The van der Waals surface area contributed by atoms with E-state index < -0.39 is 26.5 Å². The van der Waals surface area contributed by atoms with E-state index in [0.717, 1.165) is 32.1 Å². The van der Waals surface area contributed by atoms with Gasteiger partial charge in [-0.1, -0.05) is 373 Å². The first-order chi connectivity index (χ1) is 40.8. The summed E-state index contributed by atoms with van der Waals surface area (Å²) in [5.74, 6) is -0.799. The summed E-state index contributed by atoms with van der Waals surface area (Å²) in [6, 6.07) is 0. The Balaban J connectivity index is 3.71. The fraction of sp³-hybridized carbons (Fsp3) is 0.945. The molecule has 2 unspecified atom stereocenters. The molecule has 0 heterocycles. The Bertz CT molecular complexity index is 1360. The van der Waals surface area contributed by atoms with Crippen molar-refractivity contribution in [2.24, 2.45) is 5.73 Å². The predicted octanol–water partition coefficient (Wildman–Crippen LogP) is 24.3. The van der Waals surface area contributed by atoms with Crippen molar-refractivity contribution in [2.45, 2.75) is 418 Å². The number of phosphoric ester groups is 1. The maximum atomic E-state index is 12.8. The first-order valence-corrected chi connectivity index (χ1v) is 38.7. The van der Waals surface area contributed by atoms with Crippen LogP contribution in [0.3, 0.4) is 0 Å². The second kappa shape index (κ2) is 69.8. The molecule has 0 aliphatic heterocycles. The Morgan fingerprint density at radius 1 is 0.349 bits per heavy atom. The second-order valence-electron chi connectivity index (χ2n) is 25.5. The van der Waals surface area contributed by atoms with Gasteiger partial charge < -0.3 is 20.1 Å². The lowest BCUT2D eigenvalue weighted by Crippen LogP contribution is -2.29. The van der Waals surface area contributed by atoms with Gasteiger partial charge in [-0.05, 0) is 38.5 Å². The Labute approximate surface area is 517 Å². The van der Waals surface area contributed by atoms with Crippen molar-refractivity contribution in [3.05, 3.63) is 12.2 Å². The van der Waals surface area contributed by atoms with Gasteiger partial charge in [0.2, 0.25) is 0 Å². The maximum absolute atomic E-state index is 12.8. The molecule has 0 saturated heterocycles. The van der Waals surface area contributed by atoms with Gasteiger partial charge in [-0.2, -0.15) is 0 Å². The summed E-state index contributed by atoms with van der Waals surface area (Å²) in [6.07, 6.45) is 84.9. The molecule has 9 nitrogen and oxygen atoms in total. The molecule has 0 aliphatic carbocycles. The molecule has 10 heteroatoms. The number of nitrogens with two attached hydrogens (primary N) is 1. The van der Waals surface area contributed by atoms with E-state index in [4.69, 9.17) is 24.3 Å². The zero-order valence-corrected chi connectivity index (χ0v) is 56.6. The molecule has 0 amide bonds. The van der Waals surface area contributed by atoms with Crippen LogP contribution >= 0.6 is 7.82 Å². The quantitative estimate of drug-likeness (QED) is 0.0264. The molecule has 0 fully saturated rings. The minimum Gasteiger partial charge on any atom is -0.462 e. The molecule has 2 atom stereocenters. The monoisotopic (exact) mass is 1190 g/mol. The second-order valence-corrected chi connectivity index (χ2v) is 27.0. The van der Waals surface area contributed by atoms with E-state index in [-0.39, 0.29) is 38.6 Å². The summed E-state index contributed by atoms with van der Waals surface area (Å²) in [6.45, 7) is 3.84. The van der Waals surface area contributed by atoms with Gasteiger partial charge >= 0.3 is 19.8 Å². The minimum atomic E-state index is -4.39. The van der Waals surface area contributed by atoms with Crippen molar-refractivity contribution in [2.75, 3.05) is 26.4 Å². The summed E-state index contributed by atoms with van der Waals surface area (Å²) in [4.78, 5) is 35.3. The fourth-order valence-corrected chi connectivity index (χ4v) is 12.4. The van der Waals surface area contributed by atoms with Crippen LogP contribution in [0.4, 0.5) is 0 Å². The van der Waals surface area contributed by atoms with E-state index in [2.05, 4.69) is 26.0 Å². The van der Waals surface area contributed by atoms with Crippen LogP contribution in [0.5, 0.6) is 0 Å². The number of esters is 2. The Hall–Kier alpha value is -1.25. The largest absolute Gasteiger partial charge is 0.472 e. The summed E-state index contributed by atoms with van der Waals surface area (Å²) in [5, 5.41) is 0. The Kier molecular flexibility index (Phi) is 68.8. The molecule has 0 bridgehead atoms. The Morgan fingerprint density at radius 3 is 0.855 bits per heavy atom. The number of allylic oxidation sites excluding steroid dienone is 2. The van der Waals surface area contributed by atoms with E-state index >= 15 is 0 Å². The summed E-state index contributed by atoms with van der Waals surface area (Å²) in [5.41, 5.74) is 5.40. The predicted molar refractivity (Wildman–Crippen MR) is 358 cm³/mol. The topological polar surface area (TPSA) is 134 Å². The molecule has 0 aromatic heterocycles. The molecular weight excluding hydrogens is 1050 g/mol. The van der Waals surface area contributed by atoms with Crippen LogP contribution in [0.1, 0.15) is 412 Å². The smallest absolute Gasteiger partial charge is 0.462 e. The summed E-state index contributed by atoms with van der Waals surface area (Å²) >= 11 is 0. The molecule has 83 heavy (non-hydrogen) atoms. The molecule has 0 radical (unpaired) electrons. The minimum absolute atomic E-state index is 0.0582. The third-order valence-electron chi connectivity index (χ3n) is 17.2. The number of phosphoric acid groups is 1. The van der Waals surface area contributed by atoms with E-state index in [9.17, 15) is 19.0 Å². The van der Waals surface area contributed by atoms with Gasteiger partial charge in [0.15, 0.2) is 6.10 Å². The lowest BCUT2D eigenvalue weighted by atomic mass is 10.0. The number of hydrogen-bond acceptors (Lipinski definition) is 8. The van der Waals surface area contributed by atoms with Crippen LogP contribution in [0, 0.1) is 0 Å². The van der Waals surface area contributed by atoms with Crippen molar-refractivity contribution in [1.29, 1.82) is 0 Å². The van der Waals surface area contributed by atoms with E-state index in [1.165, 1.54) is 347 Å². The molecule has 0 aromatic carbocycles. The Morgan fingerprint density at radius 2 is 0.590 bits per heavy atom. The first-order valence-electron chi connectivity index (χ1n) is 37.2. The SMILES string of the molecule is CCCCCCCCCC/C=C\CCCCCCCCCCCCCCCCCCCCCCCCCCCCCCCC(=O)OC(COC(=O)CCCCCCCCCCCCCCCCCCCCCCC)COP(=O)(O)OCCN. The lowest BCUT2D eigenvalue weighted by Gasteiger charge is -2.19. The zero-order chi connectivity index (χ0) is 60.1. The highest BCUT2D eigenvalue weighted by Gasteiger charge is 2.26. The fourth-order valence-electron chi connectivity index (χ4n) is 11.6. The number of unbranched alkanes of at least 4 members (excludes halogenated alkanes) is 57. The average Bonchev–Trinajstić information content (AvgIpc) is 3.49. The number of hydrogen-bond donors (Lipinski definition) is 2. The normalized spacial score (nSPS) is 12.9. The van der Waals surface area contributed by atoms with E-state index in [0.29, 0.717) is 6.42 Å². The van der Waals surface area contributed by atoms with Crippen LogP contribution in [0.2, 0.25) is 0 Å². The molecule has 0 rings (SSSR count). The van der Waals surface area contributed by atoms with E-state index in [1.807, 2.05) is 0 Å². The van der Waals surface area contributed by atoms with Crippen LogP contribution in [0.25, 0.3) is 0 Å². The van der Waals surface area contributed by atoms with Gasteiger partial charge in [0.1, 0.15) is 6.61 Å². The zero-order valence-electron chi connectivity index (χ0n) is 55.7. The van der Waals surface area contributed by atoms with E-state index in [1.54, 1.807) is 0 Å². The van der Waals surface area contributed by atoms with Gasteiger partial charge in [0.05, 0.1) is 13.2 Å². The molecule has 0 aliphatic rings. The van der Waals surface area contributed by atoms with Crippen LogP contribution in [-0.2, 0) is 32.7 Å². The average molecular weight is 1190 g/mol. The number of ether oxygens (including phenoxy) is 2. The summed E-state index contributed by atoms with van der Waals surface area (Å²) in [7, 11) is -4.39. The van der Waals surface area contributed by atoms with Crippen molar-refractivity contribution in [1.82, 2.24) is 0 Å². The van der Waals surface area contributed by atoms with Crippen molar-refractivity contribution < 1.29 is 37.6 Å². The standard InChI is InChI=1S/C73H144NO8P/c1-3-5-7-9-11-13-15-17-19-21-23-25-26-27-28-29-30-31-32-33-34-35-36-37-38-39-40-41-42-43-44-46-48-50-52-54-56-58-60-62-64-66-73(76)82-71(70-81-83(77,78)80-68-67-74)69-79-72(75)65-63-61-59-57-55-53-51-49-47-45-24-22-20-18-16-14-12-10-8-6-4-2/h21,23,71H,3-20,22,24-70,74H2,1-2H3,(H,77,78)/b23-21-. The first kappa shape index (κ1) is 81.8. The molecule has 0 aromatic rings. The van der Waals surface area contributed by atoms with Crippen molar-refractivity contribution in [3.63, 3.8) is 0 Å². The highest BCUT2D eigenvalue weighted by Crippen LogP contribution is 2.43. The molecule has 0 saturated carbocycles. The van der Waals surface area contributed by atoms with Gasteiger partial charge in [-0.25, -0.2) is 4.57 Å². The third-order valence-corrected chi connectivity index (χ3v) is 18.1. The van der Waals surface area contributed by atoms with Gasteiger partial charge in [-0.3, -0.25) is 18.6 Å². The van der Waals surface area contributed by atoms with Crippen LogP contribution in [-0.4, -0.2) is 49.3 Å². The van der Waals surface area contributed by atoms with Crippen LogP contribution in [0.15, 0.2) is 12.2 Å². The highest BCUT2D eigenvalue weighted by molar-refractivity contribution is 7.47. The number of carbonyl (C=O) groups excluding carboxylic acids is 2. The lowest BCUT2D eigenvalue weighted by molar-refractivity contribution is -0.161.